The Hall–Kier alpha value is -2.62. The number of halogens is 1. The molecular formula is C21H23FN2O. The van der Waals surface area contributed by atoms with Crippen molar-refractivity contribution in [2.24, 2.45) is 0 Å². The quantitative estimate of drug-likeness (QED) is 0.670. The van der Waals surface area contributed by atoms with E-state index in [1.54, 1.807) is 6.07 Å². The van der Waals surface area contributed by atoms with Gasteiger partial charge in [-0.2, -0.15) is 0 Å². The molecule has 1 heterocycles. The Morgan fingerprint density at radius 1 is 1.20 bits per heavy atom. The monoisotopic (exact) mass is 338 g/mol. The molecule has 2 N–H and O–H groups in total. The van der Waals surface area contributed by atoms with Crippen molar-refractivity contribution < 1.29 is 9.18 Å². The largest absolute Gasteiger partial charge is 0.361 e. The molecule has 130 valence electrons. The zero-order chi connectivity index (χ0) is 17.8. The molecule has 0 spiro atoms. The Bertz CT molecular complexity index is 871. The highest BCUT2D eigenvalue weighted by atomic mass is 19.1. The molecule has 1 amide bonds. The van der Waals surface area contributed by atoms with Crippen LogP contribution < -0.4 is 5.32 Å². The van der Waals surface area contributed by atoms with Crippen LogP contribution in [0.1, 0.15) is 43.7 Å². The number of hydrogen-bond acceptors (Lipinski definition) is 1. The number of carbonyl (C=O) groups excluding carboxylic acids is 1. The first-order chi connectivity index (χ1) is 12.1. The normalized spacial score (nSPS) is 13.6. The third-order valence-electron chi connectivity index (χ3n) is 4.66. The molecule has 0 aliphatic heterocycles. The third kappa shape index (κ3) is 3.90. The minimum atomic E-state index is -0.287. The number of benzene rings is 2. The van der Waals surface area contributed by atoms with Crippen LogP contribution in [0.15, 0.2) is 54.7 Å². The summed E-state index contributed by atoms with van der Waals surface area (Å²) in [6, 6.07) is 14.6. The molecule has 2 atom stereocenters. The van der Waals surface area contributed by atoms with E-state index in [1.165, 1.54) is 12.1 Å². The van der Waals surface area contributed by atoms with Crippen molar-refractivity contribution in [3.8, 4) is 0 Å². The Kier molecular flexibility index (Phi) is 5.17. The molecule has 0 bridgehead atoms. The topological polar surface area (TPSA) is 44.9 Å². The van der Waals surface area contributed by atoms with Gasteiger partial charge in [0.1, 0.15) is 5.82 Å². The molecule has 0 aliphatic rings. The summed E-state index contributed by atoms with van der Waals surface area (Å²) < 4.78 is 13.8. The molecule has 0 aliphatic carbocycles. The third-order valence-corrected chi connectivity index (χ3v) is 4.66. The van der Waals surface area contributed by atoms with Gasteiger partial charge in [-0.3, -0.25) is 4.79 Å². The number of nitrogens with one attached hydrogen (secondary N) is 2. The summed E-state index contributed by atoms with van der Waals surface area (Å²) in [5.41, 5.74) is 2.84. The fraction of sp³-hybridized carbons (Fsp3) is 0.286. The summed E-state index contributed by atoms with van der Waals surface area (Å²) in [4.78, 5) is 15.7. The first kappa shape index (κ1) is 17.2. The summed E-state index contributed by atoms with van der Waals surface area (Å²) in [7, 11) is 0. The number of carbonyl (C=O) groups is 1. The number of rotatable bonds is 6. The zero-order valence-electron chi connectivity index (χ0n) is 14.6. The molecular weight excluding hydrogens is 315 g/mol. The Balaban J connectivity index is 1.99. The van der Waals surface area contributed by atoms with E-state index in [0.29, 0.717) is 0 Å². The average Bonchev–Trinajstić information content (AvgIpc) is 3.03. The van der Waals surface area contributed by atoms with Crippen LogP contribution in [0.25, 0.3) is 10.9 Å². The summed E-state index contributed by atoms with van der Waals surface area (Å²) in [6.45, 7) is 4.02. The van der Waals surface area contributed by atoms with Crippen molar-refractivity contribution >= 4 is 16.8 Å². The van der Waals surface area contributed by atoms with E-state index in [2.05, 4.69) is 10.3 Å². The van der Waals surface area contributed by atoms with E-state index in [-0.39, 0.29) is 30.1 Å². The average molecular weight is 338 g/mol. The number of aromatic nitrogens is 1. The summed E-state index contributed by atoms with van der Waals surface area (Å²) in [6.07, 6.45) is 3.09. The van der Waals surface area contributed by atoms with Gasteiger partial charge in [0.05, 0.1) is 0 Å². The molecule has 4 heteroatoms. The first-order valence-electron chi connectivity index (χ1n) is 8.69. The number of aromatic amines is 1. The lowest BCUT2D eigenvalue weighted by molar-refractivity contribution is -0.121. The van der Waals surface area contributed by atoms with Crippen molar-refractivity contribution in [3.05, 3.63) is 71.7 Å². The fourth-order valence-corrected chi connectivity index (χ4v) is 3.13. The van der Waals surface area contributed by atoms with E-state index in [4.69, 9.17) is 0 Å². The van der Waals surface area contributed by atoms with E-state index < -0.39 is 0 Å². The second kappa shape index (κ2) is 7.51. The molecule has 3 nitrogen and oxygen atoms in total. The maximum Gasteiger partial charge on any atom is 0.221 e. The van der Waals surface area contributed by atoms with Crippen LogP contribution in [0, 0.1) is 5.82 Å². The maximum atomic E-state index is 13.8. The number of amides is 1. The van der Waals surface area contributed by atoms with Crippen LogP contribution in [0.5, 0.6) is 0 Å². The van der Waals surface area contributed by atoms with Crippen LogP contribution in [0.3, 0.4) is 0 Å². The van der Waals surface area contributed by atoms with Crippen LogP contribution in [-0.2, 0) is 4.79 Å². The second-order valence-electron chi connectivity index (χ2n) is 6.48. The molecule has 25 heavy (non-hydrogen) atoms. The Morgan fingerprint density at radius 2 is 2.00 bits per heavy atom. The molecule has 0 unspecified atom stereocenters. The van der Waals surface area contributed by atoms with Crippen molar-refractivity contribution in [2.45, 2.75) is 38.6 Å². The summed E-state index contributed by atoms with van der Waals surface area (Å²) >= 11 is 0. The van der Waals surface area contributed by atoms with Gasteiger partial charge < -0.3 is 10.3 Å². The van der Waals surface area contributed by atoms with Crippen LogP contribution in [0.4, 0.5) is 4.39 Å². The van der Waals surface area contributed by atoms with E-state index in [0.717, 1.165) is 28.5 Å². The maximum absolute atomic E-state index is 13.8. The standard InChI is InChI=1S/C21H23FN2O/c1-3-14(2)24-21(25)12-18(15-7-6-8-16(22)11-15)19-13-23-20-10-5-4-9-17(19)20/h4-11,13-14,18,23H,3,12H2,1-2H3,(H,24,25)/t14-,18-/m1/s1. The predicted molar refractivity (Wildman–Crippen MR) is 99.1 cm³/mol. The fourth-order valence-electron chi connectivity index (χ4n) is 3.13. The number of para-hydroxylation sites is 1. The lowest BCUT2D eigenvalue weighted by atomic mass is 9.88. The van der Waals surface area contributed by atoms with E-state index in [9.17, 15) is 9.18 Å². The molecule has 2 aromatic carbocycles. The van der Waals surface area contributed by atoms with Gasteiger partial charge in [-0.05, 0) is 42.7 Å². The highest BCUT2D eigenvalue weighted by molar-refractivity contribution is 5.86. The zero-order valence-corrected chi connectivity index (χ0v) is 14.6. The molecule has 0 radical (unpaired) electrons. The van der Waals surface area contributed by atoms with Gasteiger partial charge in [-0.15, -0.1) is 0 Å². The predicted octanol–water partition coefficient (Wildman–Crippen LogP) is 4.74. The van der Waals surface area contributed by atoms with Gasteiger partial charge in [0.2, 0.25) is 5.91 Å². The Morgan fingerprint density at radius 3 is 2.76 bits per heavy atom. The molecule has 3 aromatic rings. The van der Waals surface area contributed by atoms with Gasteiger partial charge in [0.25, 0.3) is 0 Å². The SMILES string of the molecule is CC[C@@H](C)NC(=O)C[C@H](c1cccc(F)c1)c1c[nH]c2ccccc12. The van der Waals surface area contributed by atoms with E-state index >= 15 is 0 Å². The van der Waals surface area contributed by atoms with Crippen molar-refractivity contribution in [1.82, 2.24) is 10.3 Å². The van der Waals surface area contributed by atoms with Crippen molar-refractivity contribution in [1.29, 1.82) is 0 Å². The molecule has 0 saturated heterocycles. The summed E-state index contributed by atoms with van der Waals surface area (Å²) in [5, 5.41) is 4.07. The molecule has 0 saturated carbocycles. The first-order valence-corrected chi connectivity index (χ1v) is 8.69. The Labute approximate surface area is 147 Å². The van der Waals surface area contributed by atoms with Crippen LogP contribution in [-0.4, -0.2) is 16.9 Å². The molecule has 0 fully saturated rings. The number of H-pyrrole nitrogens is 1. The van der Waals surface area contributed by atoms with Gasteiger partial charge in [-0.25, -0.2) is 4.39 Å². The summed E-state index contributed by atoms with van der Waals surface area (Å²) in [5.74, 6) is -0.505. The van der Waals surface area contributed by atoms with Crippen molar-refractivity contribution in [2.75, 3.05) is 0 Å². The lowest BCUT2D eigenvalue weighted by Gasteiger charge is -2.19. The second-order valence-corrected chi connectivity index (χ2v) is 6.48. The van der Waals surface area contributed by atoms with Gasteiger partial charge in [0, 0.05) is 35.5 Å². The van der Waals surface area contributed by atoms with Crippen LogP contribution in [0.2, 0.25) is 0 Å². The highest BCUT2D eigenvalue weighted by Gasteiger charge is 2.22. The number of fused-ring (bicyclic) bond motifs is 1. The molecule has 3 rings (SSSR count). The van der Waals surface area contributed by atoms with Crippen LogP contribution >= 0.6 is 0 Å². The molecule has 1 aromatic heterocycles. The minimum Gasteiger partial charge on any atom is -0.361 e. The van der Waals surface area contributed by atoms with Gasteiger partial charge in [-0.1, -0.05) is 37.3 Å². The lowest BCUT2D eigenvalue weighted by Crippen LogP contribution is -2.33. The minimum absolute atomic E-state index is 0.0195. The highest BCUT2D eigenvalue weighted by Crippen LogP contribution is 2.33. The van der Waals surface area contributed by atoms with E-state index in [1.807, 2.05) is 50.4 Å². The van der Waals surface area contributed by atoms with Crippen molar-refractivity contribution in [3.63, 3.8) is 0 Å². The number of hydrogen-bond donors (Lipinski definition) is 2. The smallest absolute Gasteiger partial charge is 0.221 e. The van der Waals surface area contributed by atoms with Gasteiger partial charge >= 0.3 is 0 Å². The van der Waals surface area contributed by atoms with Gasteiger partial charge in [0.15, 0.2) is 0 Å².